The van der Waals surface area contributed by atoms with Crippen LogP contribution in [0.1, 0.15) is 26.8 Å². The monoisotopic (exact) mass is 482 g/mol. The third-order valence-corrected chi connectivity index (χ3v) is 6.57. The molecule has 4 aromatic rings. The first kappa shape index (κ1) is 21.9. The second-order valence-corrected chi connectivity index (χ2v) is 9.40. The summed E-state index contributed by atoms with van der Waals surface area (Å²) in [4.78, 5) is 26.8. The SMILES string of the molecule is Cc1nc(C(=O)N(Cc2ccco2)Cc2cc3ccc(Cl)cc3nc2N2CCOCC2)cs1. The maximum absolute atomic E-state index is 13.4. The van der Waals surface area contributed by atoms with Gasteiger partial charge in [-0.3, -0.25) is 4.79 Å². The molecule has 1 saturated heterocycles. The number of thiazole rings is 1. The molecule has 0 saturated carbocycles. The Morgan fingerprint density at radius 2 is 2.03 bits per heavy atom. The van der Waals surface area contributed by atoms with Crippen LogP contribution in [0, 0.1) is 6.92 Å². The average molecular weight is 483 g/mol. The summed E-state index contributed by atoms with van der Waals surface area (Å²) in [6, 6.07) is 11.5. The molecule has 33 heavy (non-hydrogen) atoms. The van der Waals surface area contributed by atoms with E-state index < -0.39 is 0 Å². The van der Waals surface area contributed by atoms with Crippen molar-refractivity contribution in [2.75, 3.05) is 31.2 Å². The quantitative estimate of drug-likeness (QED) is 0.388. The molecule has 0 spiro atoms. The number of anilines is 1. The summed E-state index contributed by atoms with van der Waals surface area (Å²) in [6.45, 7) is 5.36. The third-order valence-electron chi connectivity index (χ3n) is 5.56. The summed E-state index contributed by atoms with van der Waals surface area (Å²) >= 11 is 7.69. The number of carbonyl (C=O) groups is 1. The Bertz CT molecular complexity index is 1270. The zero-order chi connectivity index (χ0) is 22.8. The van der Waals surface area contributed by atoms with Gasteiger partial charge in [-0.25, -0.2) is 9.97 Å². The van der Waals surface area contributed by atoms with E-state index in [0.29, 0.717) is 42.8 Å². The maximum atomic E-state index is 13.4. The van der Waals surface area contributed by atoms with E-state index in [2.05, 4.69) is 16.0 Å². The molecule has 1 aliphatic heterocycles. The van der Waals surface area contributed by atoms with Crippen LogP contribution in [-0.4, -0.2) is 47.1 Å². The van der Waals surface area contributed by atoms with E-state index in [1.807, 2.05) is 37.3 Å². The van der Waals surface area contributed by atoms with E-state index >= 15 is 0 Å². The molecule has 0 atom stereocenters. The van der Waals surface area contributed by atoms with Crippen molar-refractivity contribution < 1.29 is 13.9 Å². The normalized spacial score (nSPS) is 14.1. The van der Waals surface area contributed by atoms with E-state index in [0.717, 1.165) is 40.4 Å². The summed E-state index contributed by atoms with van der Waals surface area (Å²) in [6.07, 6.45) is 1.62. The lowest BCUT2D eigenvalue weighted by atomic mass is 10.1. The van der Waals surface area contributed by atoms with Gasteiger partial charge in [-0.05, 0) is 37.3 Å². The number of amides is 1. The lowest BCUT2D eigenvalue weighted by Gasteiger charge is -2.31. The number of morpholine rings is 1. The molecule has 0 radical (unpaired) electrons. The van der Waals surface area contributed by atoms with Crippen LogP contribution in [-0.2, 0) is 17.8 Å². The molecule has 3 aromatic heterocycles. The van der Waals surface area contributed by atoms with Gasteiger partial charge in [0.05, 0.1) is 43.1 Å². The van der Waals surface area contributed by atoms with Crippen molar-refractivity contribution in [1.82, 2.24) is 14.9 Å². The predicted molar refractivity (Wildman–Crippen MR) is 129 cm³/mol. The standard InChI is InChI=1S/C24H23ClN4O3S/c1-16-26-22(15-33-16)24(30)29(14-20-3-2-8-32-20)13-18-11-17-4-5-19(25)12-21(17)27-23(18)28-6-9-31-10-7-28/h2-5,8,11-12,15H,6-7,9-10,13-14H2,1H3. The van der Waals surface area contributed by atoms with Gasteiger partial charge >= 0.3 is 0 Å². The number of ether oxygens (including phenoxy) is 1. The molecule has 5 rings (SSSR count). The molecule has 4 heterocycles. The highest BCUT2D eigenvalue weighted by Crippen LogP contribution is 2.28. The topological polar surface area (TPSA) is 71.7 Å². The number of furan rings is 1. The van der Waals surface area contributed by atoms with Crippen molar-refractivity contribution in [3.05, 3.63) is 75.1 Å². The van der Waals surface area contributed by atoms with Crippen molar-refractivity contribution in [3.8, 4) is 0 Å². The van der Waals surface area contributed by atoms with Crippen LogP contribution in [0.15, 0.2) is 52.5 Å². The fourth-order valence-electron chi connectivity index (χ4n) is 3.96. The number of hydrogen-bond donors (Lipinski definition) is 0. The Morgan fingerprint density at radius 3 is 2.76 bits per heavy atom. The molecule has 1 fully saturated rings. The highest BCUT2D eigenvalue weighted by Gasteiger charge is 2.24. The highest BCUT2D eigenvalue weighted by molar-refractivity contribution is 7.09. The van der Waals surface area contributed by atoms with Gasteiger partial charge in [-0.2, -0.15) is 0 Å². The molecular weight excluding hydrogens is 460 g/mol. The van der Waals surface area contributed by atoms with Crippen LogP contribution >= 0.6 is 22.9 Å². The lowest BCUT2D eigenvalue weighted by Crippen LogP contribution is -2.38. The number of rotatable bonds is 6. The van der Waals surface area contributed by atoms with Crippen LogP contribution in [0.25, 0.3) is 10.9 Å². The van der Waals surface area contributed by atoms with Gasteiger partial charge in [0, 0.05) is 34.4 Å². The first-order chi connectivity index (χ1) is 16.1. The first-order valence-electron chi connectivity index (χ1n) is 10.7. The zero-order valence-corrected chi connectivity index (χ0v) is 19.7. The number of benzene rings is 1. The smallest absolute Gasteiger partial charge is 0.274 e. The molecule has 1 aliphatic rings. The summed E-state index contributed by atoms with van der Waals surface area (Å²) in [5.41, 5.74) is 2.22. The van der Waals surface area contributed by atoms with E-state index in [9.17, 15) is 4.79 Å². The number of carbonyl (C=O) groups excluding carboxylic acids is 1. The van der Waals surface area contributed by atoms with Crippen molar-refractivity contribution in [1.29, 1.82) is 0 Å². The Labute approximate surface area is 200 Å². The van der Waals surface area contributed by atoms with Gasteiger partial charge in [-0.15, -0.1) is 11.3 Å². The van der Waals surface area contributed by atoms with Crippen molar-refractivity contribution in [2.24, 2.45) is 0 Å². The van der Waals surface area contributed by atoms with Crippen molar-refractivity contribution in [3.63, 3.8) is 0 Å². The number of pyridine rings is 1. The fraction of sp³-hybridized carbons (Fsp3) is 0.292. The fourth-order valence-corrected chi connectivity index (χ4v) is 4.71. The van der Waals surface area contributed by atoms with Crippen LogP contribution < -0.4 is 4.90 Å². The van der Waals surface area contributed by atoms with Crippen molar-refractivity contribution >= 4 is 45.6 Å². The molecule has 1 aromatic carbocycles. The van der Waals surface area contributed by atoms with Gasteiger partial charge in [0.15, 0.2) is 0 Å². The van der Waals surface area contributed by atoms with Crippen LogP contribution in [0.3, 0.4) is 0 Å². The van der Waals surface area contributed by atoms with Crippen molar-refractivity contribution in [2.45, 2.75) is 20.0 Å². The Hall–Kier alpha value is -2.94. The largest absolute Gasteiger partial charge is 0.467 e. The number of aryl methyl sites for hydroxylation is 1. The lowest BCUT2D eigenvalue weighted by molar-refractivity contribution is 0.0712. The van der Waals surface area contributed by atoms with Crippen LogP contribution in [0.4, 0.5) is 5.82 Å². The second-order valence-electron chi connectivity index (χ2n) is 7.90. The number of halogens is 1. The molecule has 0 bridgehead atoms. The molecule has 0 unspecified atom stereocenters. The van der Waals surface area contributed by atoms with Gasteiger partial charge in [-0.1, -0.05) is 17.7 Å². The molecule has 170 valence electrons. The minimum absolute atomic E-state index is 0.139. The van der Waals surface area contributed by atoms with Gasteiger partial charge in [0.25, 0.3) is 5.91 Å². The van der Waals surface area contributed by atoms with Crippen LogP contribution in [0.2, 0.25) is 5.02 Å². The summed E-state index contributed by atoms with van der Waals surface area (Å²) in [5, 5.41) is 4.27. The molecule has 0 aliphatic carbocycles. The summed E-state index contributed by atoms with van der Waals surface area (Å²) in [5.74, 6) is 1.42. The van der Waals surface area contributed by atoms with Crippen LogP contribution in [0.5, 0.6) is 0 Å². The van der Waals surface area contributed by atoms with E-state index in [1.54, 1.807) is 16.5 Å². The molecule has 7 nitrogen and oxygen atoms in total. The highest BCUT2D eigenvalue weighted by atomic mass is 35.5. The minimum Gasteiger partial charge on any atom is -0.467 e. The van der Waals surface area contributed by atoms with E-state index in [1.165, 1.54) is 11.3 Å². The maximum Gasteiger partial charge on any atom is 0.274 e. The van der Waals surface area contributed by atoms with E-state index in [-0.39, 0.29) is 5.91 Å². The molecule has 1 amide bonds. The van der Waals surface area contributed by atoms with Gasteiger partial charge in [0.1, 0.15) is 17.3 Å². The Kier molecular flexibility index (Phi) is 6.30. The minimum atomic E-state index is -0.139. The number of hydrogen-bond acceptors (Lipinski definition) is 7. The molecule has 9 heteroatoms. The average Bonchev–Trinajstić information content (AvgIpc) is 3.50. The van der Waals surface area contributed by atoms with Gasteiger partial charge in [0.2, 0.25) is 0 Å². The third kappa shape index (κ3) is 4.88. The molecular formula is C24H23ClN4O3S. The van der Waals surface area contributed by atoms with Gasteiger partial charge < -0.3 is 19.0 Å². The second kappa shape index (κ2) is 9.51. The molecule has 0 N–H and O–H groups in total. The first-order valence-corrected chi connectivity index (χ1v) is 12.0. The van der Waals surface area contributed by atoms with E-state index in [4.69, 9.17) is 25.7 Å². The number of fused-ring (bicyclic) bond motifs is 1. The summed E-state index contributed by atoms with van der Waals surface area (Å²) in [7, 11) is 0. The number of aromatic nitrogens is 2. The predicted octanol–water partition coefficient (Wildman–Crippen LogP) is 4.93. The Balaban J connectivity index is 1.55. The number of nitrogens with zero attached hydrogens (tertiary/aromatic N) is 4. The zero-order valence-electron chi connectivity index (χ0n) is 18.2. The Morgan fingerprint density at radius 1 is 1.18 bits per heavy atom. The summed E-state index contributed by atoms with van der Waals surface area (Å²) < 4.78 is 11.1.